The number of halogens is 1. The van der Waals surface area contributed by atoms with Crippen LogP contribution in [0.15, 0.2) is 66.7 Å². The molecular formula is C24H23FN2O5S. The van der Waals surface area contributed by atoms with Gasteiger partial charge in [-0.15, -0.1) is 0 Å². The van der Waals surface area contributed by atoms with Gasteiger partial charge in [-0.2, -0.15) is 0 Å². The fraction of sp³-hybridized carbons (Fsp3) is 0.208. The second-order valence-electron chi connectivity index (χ2n) is 7.64. The minimum Gasteiger partial charge on any atom is -0.454 e. The zero-order valence-electron chi connectivity index (χ0n) is 18.0. The molecule has 4 rings (SSSR count). The van der Waals surface area contributed by atoms with Crippen molar-refractivity contribution in [1.82, 2.24) is 5.32 Å². The maximum absolute atomic E-state index is 13.0. The first-order valence-electron chi connectivity index (χ1n) is 10.3. The number of nitrogens with one attached hydrogen (secondary N) is 1. The van der Waals surface area contributed by atoms with Gasteiger partial charge in [0, 0.05) is 18.2 Å². The van der Waals surface area contributed by atoms with Gasteiger partial charge in [-0.3, -0.25) is 9.10 Å². The van der Waals surface area contributed by atoms with Gasteiger partial charge >= 0.3 is 0 Å². The van der Waals surface area contributed by atoms with Crippen molar-refractivity contribution < 1.29 is 27.1 Å². The Morgan fingerprint density at radius 2 is 1.64 bits per heavy atom. The van der Waals surface area contributed by atoms with E-state index in [9.17, 15) is 17.6 Å². The molecule has 9 heteroatoms. The topological polar surface area (TPSA) is 84.9 Å². The number of anilines is 1. The van der Waals surface area contributed by atoms with Crippen molar-refractivity contribution in [3.05, 3.63) is 89.2 Å². The number of benzene rings is 3. The SMILES string of the molecule is CS(=O)(=O)N(Cc1ccc(C(=O)NCCc2ccc(F)cc2)cc1)c1ccc2c(c1)OCO2. The van der Waals surface area contributed by atoms with Crippen molar-refractivity contribution in [2.75, 3.05) is 23.9 Å². The molecule has 0 fully saturated rings. The summed E-state index contributed by atoms with van der Waals surface area (Å²) in [5.74, 6) is 0.533. The maximum Gasteiger partial charge on any atom is 0.251 e. The van der Waals surface area contributed by atoms with Crippen LogP contribution in [-0.2, 0) is 23.0 Å². The average molecular weight is 471 g/mol. The van der Waals surface area contributed by atoms with Crippen LogP contribution in [0.2, 0.25) is 0 Å². The van der Waals surface area contributed by atoms with Gasteiger partial charge in [0.1, 0.15) is 5.82 Å². The molecule has 1 aliphatic heterocycles. The first-order chi connectivity index (χ1) is 15.8. The lowest BCUT2D eigenvalue weighted by molar-refractivity contribution is 0.0954. The van der Waals surface area contributed by atoms with Gasteiger partial charge in [0.25, 0.3) is 5.91 Å². The molecule has 0 saturated carbocycles. The summed E-state index contributed by atoms with van der Waals surface area (Å²) in [7, 11) is -3.57. The number of carbonyl (C=O) groups is 1. The summed E-state index contributed by atoms with van der Waals surface area (Å²) in [5, 5.41) is 2.83. The summed E-state index contributed by atoms with van der Waals surface area (Å²) >= 11 is 0. The molecule has 1 amide bonds. The molecule has 0 aromatic heterocycles. The van der Waals surface area contributed by atoms with E-state index in [2.05, 4.69) is 5.32 Å². The predicted molar refractivity (Wildman–Crippen MR) is 122 cm³/mol. The van der Waals surface area contributed by atoms with E-state index < -0.39 is 10.0 Å². The Labute approximate surface area is 191 Å². The summed E-state index contributed by atoms with van der Waals surface area (Å²) < 4.78 is 49.7. The molecule has 0 radical (unpaired) electrons. The summed E-state index contributed by atoms with van der Waals surface area (Å²) in [6.07, 6.45) is 1.73. The third-order valence-electron chi connectivity index (χ3n) is 5.20. The monoisotopic (exact) mass is 470 g/mol. The average Bonchev–Trinajstić information content (AvgIpc) is 3.26. The Morgan fingerprint density at radius 3 is 2.33 bits per heavy atom. The lowest BCUT2D eigenvalue weighted by Gasteiger charge is -2.23. The molecule has 0 spiro atoms. The number of nitrogens with zero attached hydrogens (tertiary/aromatic N) is 1. The molecule has 0 bridgehead atoms. The molecule has 33 heavy (non-hydrogen) atoms. The van der Waals surface area contributed by atoms with E-state index in [-0.39, 0.29) is 25.1 Å². The van der Waals surface area contributed by atoms with Crippen LogP contribution in [0.5, 0.6) is 11.5 Å². The van der Waals surface area contributed by atoms with Gasteiger partial charge in [-0.1, -0.05) is 24.3 Å². The summed E-state index contributed by atoms with van der Waals surface area (Å²) in [6, 6.07) is 17.9. The van der Waals surface area contributed by atoms with Gasteiger partial charge in [0.05, 0.1) is 18.5 Å². The molecular weight excluding hydrogens is 447 g/mol. The number of rotatable bonds is 8. The lowest BCUT2D eigenvalue weighted by atomic mass is 10.1. The second kappa shape index (κ2) is 9.50. The Bertz CT molecular complexity index is 1240. The van der Waals surface area contributed by atoms with Crippen LogP contribution >= 0.6 is 0 Å². The van der Waals surface area contributed by atoms with E-state index in [1.54, 1.807) is 54.6 Å². The molecule has 1 heterocycles. The highest BCUT2D eigenvalue weighted by Crippen LogP contribution is 2.36. The van der Waals surface area contributed by atoms with Gasteiger partial charge < -0.3 is 14.8 Å². The van der Waals surface area contributed by atoms with Crippen LogP contribution in [0, 0.1) is 5.82 Å². The minimum absolute atomic E-state index is 0.102. The number of sulfonamides is 1. The lowest BCUT2D eigenvalue weighted by Crippen LogP contribution is -2.29. The van der Waals surface area contributed by atoms with Crippen LogP contribution in [-0.4, -0.2) is 33.9 Å². The summed E-state index contributed by atoms with van der Waals surface area (Å²) in [4.78, 5) is 12.4. The van der Waals surface area contributed by atoms with E-state index in [0.29, 0.717) is 35.7 Å². The number of hydrogen-bond acceptors (Lipinski definition) is 5. The third-order valence-corrected chi connectivity index (χ3v) is 6.34. The normalized spacial score (nSPS) is 12.4. The number of amides is 1. The van der Waals surface area contributed by atoms with Crippen LogP contribution < -0.4 is 19.1 Å². The molecule has 1 aliphatic rings. The molecule has 1 N–H and O–H groups in total. The fourth-order valence-electron chi connectivity index (χ4n) is 3.44. The number of carbonyl (C=O) groups excluding carboxylic acids is 1. The van der Waals surface area contributed by atoms with E-state index in [1.165, 1.54) is 16.4 Å². The van der Waals surface area contributed by atoms with Crippen molar-refractivity contribution >= 4 is 21.6 Å². The van der Waals surface area contributed by atoms with Crippen molar-refractivity contribution in [3.8, 4) is 11.5 Å². The largest absolute Gasteiger partial charge is 0.454 e. The Kier molecular flexibility index (Phi) is 6.50. The van der Waals surface area contributed by atoms with Crippen molar-refractivity contribution in [3.63, 3.8) is 0 Å². The number of ether oxygens (including phenoxy) is 2. The quantitative estimate of drug-likeness (QED) is 0.545. The zero-order chi connectivity index (χ0) is 23.4. The summed E-state index contributed by atoms with van der Waals surface area (Å²) in [5.41, 5.74) is 2.58. The maximum atomic E-state index is 13.0. The van der Waals surface area contributed by atoms with Crippen molar-refractivity contribution in [2.24, 2.45) is 0 Å². The van der Waals surface area contributed by atoms with E-state index in [4.69, 9.17) is 9.47 Å². The van der Waals surface area contributed by atoms with Crippen LogP contribution in [0.3, 0.4) is 0 Å². The van der Waals surface area contributed by atoms with E-state index in [0.717, 1.165) is 17.4 Å². The highest BCUT2D eigenvalue weighted by molar-refractivity contribution is 7.92. The van der Waals surface area contributed by atoms with Crippen LogP contribution in [0.4, 0.5) is 10.1 Å². The molecule has 172 valence electrons. The second-order valence-corrected chi connectivity index (χ2v) is 9.54. The smallest absolute Gasteiger partial charge is 0.251 e. The van der Waals surface area contributed by atoms with Crippen molar-refractivity contribution in [1.29, 1.82) is 0 Å². The standard InChI is InChI=1S/C24H23FN2O5S/c1-33(29,30)27(21-10-11-22-23(14-21)32-16-31-22)15-18-2-6-19(7-3-18)24(28)26-13-12-17-4-8-20(25)9-5-17/h2-11,14H,12-13,15-16H2,1H3,(H,26,28). The molecule has 7 nitrogen and oxygen atoms in total. The Morgan fingerprint density at radius 1 is 0.970 bits per heavy atom. The molecule has 3 aromatic rings. The summed E-state index contributed by atoms with van der Waals surface area (Å²) in [6.45, 7) is 0.619. The molecule has 0 unspecified atom stereocenters. The van der Waals surface area contributed by atoms with Gasteiger partial charge in [-0.05, 0) is 53.9 Å². The highest BCUT2D eigenvalue weighted by Gasteiger charge is 2.22. The molecule has 0 saturated heterocycles. The number of fused-ring (bicyclic) bond motifs is 1. The van der Waals surface area contributed by atoms with E-state index >= 15 is 0 Å². The zero-order valence-corrected chi connectivity index (χ0v) is 18.8. The minimum atomic E-state index is -3.57. The third kappa shape index (κ3) is 5.61. The van der Waals surface area contributed by atoms with Crippen LogP contribution in [0.25, 0.3) is 0 Å². The first kappa shape index (κ1) is 22.6. The van der Waals surface area contributed by atoms with Gasteiger partial charge in [-0.25, -0.2) is 12.8 Å². The Balaban J connectivity index is 1.39. The van der Waals surface area contributed by atoms with Crippen LogP contribution in [0.1, 0.15) is 21.5 Å². The van der Waals surface area contributed by atoms with Gasteiger partial charge in [0.15, 0.2) is 11.5 Å². The molecule has 0 atom stereocenters. The highest BCUT2D eigenvalue weighted by atomic mass is 32.2. The number of hydrogen-bond donors (Lipinski definition) is 1. The first-order valence-corrected chi connectivity index (χ1v) is 12.1. The van der Waals surface area contributed by atoms with Gasteiger partial charge in [0.2, 0.25) is 16.8 Å². The predicted octanol–water partition coefficient (Wildman–Crippen LogP) is 3.49. The fourth-order valence-corrected chi connectivity index (χ4v) is 4.32. The Hall–Kier alpha value is -3.59. The molecule has 0 aliphatic carbocycles. The van der Waals surface area contributed by atoms with Crippen molar-refractivity contribution in [2.45, 2.75) is 13.0 Å². The molecule has 3 aromatic carbocycles. The van der Waals surface area contributed by atoms with E-state index in [1.807, 2.05) is 0 Å².